The Labute approximate surface area is 186 Å². The van der Waals surface area contributed by atoms with Crippen LogP contribution in [-0.2, 0) is 14.8 Å². The van der Waals surface area contributed by atoms with Gasteiger partial charge in [0.15, 0.2) is 0 Å². The van der Waals surface area contributed by atoms with Crippen LogP contribution in [0.1, 0.15) is 10.4 Å². The average molecular weight is 473 g/mol. The van der Waals surface area contributed by atoms with Crippen molar-refractivity contribution >= 4 is 39.2 Å². The van der Waals surface area contributed by atoms with Crippen molar-refractivity contribution in [3.63, 3.8) is 0 Å². The number of halogens is 2. The fraction of sp³-hybridized carbons (Fsp3) is 0.350. The van der Waals surface area contributed by atoms with Crippen LogP contribution in [-0.4, -0.2) is 70.0 Å². The van der Waals surface area contributed by atoms with Crippen LogP contribution in [0.15, 0.2) is 47.4 Å². The van der Waals surface area contributed by atoms with Crippen LogP contribution in [0.4, 0.5) is 0 Å². The summed E-state index contributed by atoms with van der Waals surface area (Å²) in [5.41, 5.74) is 0.135. The molecule has 0 N–H and O–H groups in total. The molecule has 30 heavy (non-hydrogen) atoms. The van der Waals surface area contributed by atoms with Gasteiger partial charge in [-0.15, -0.1) is 0 Å². The maximum atomic E-state index is 13.0. The van der Waals surface area contributed by atoms with E-state index in [-0.39, 0.29) is 15.5 Å². The number of benzene rings is 2. The van der Waals surface area contributed by atoms with E-state index in [1.54, 1.807) is 12.1 Å². The van der Waals surface area contributed by atoms with Crippen molar-refractivity contribution in [3.8, 4) is 5.75 Å². The van der Waals surface area contributed by atoms with Gasteiger partial charge in [-0.3, -0.25) is 4.90 Å². The second kappa shape index (κ2) is 9.98. The lowest BCUT2D eigenvalue weighted by molar-refractivity contribution is 0.0600. The lowest BCUT2D eigenvalue weighted by Crippen LogP contribution is -2.49. The maximum Gasteiger partial charge on any atom is 0.337 e. The summed E-state index contributed by atoms with van der Waals surface area (Å²) >= 11 is 12.2. The Balaban J connectivity index is 1.59. The molecule has 0 unspecified atom stereocenters. The molecule has 0 spiro atoms. The maximum absolute atomic E-state index is 13.0. The Bertz CT molecular complexity index is 1010. The highest BCUT2D eigenvalue weighted by molar-refractivity contribution is 7.89. The van der Waals surface area contributed by atoms with Crippen molar-refractivity contribution in [1.82, 2.24) is 9.21 Å². The Morgan fingerprint density at radius 1 is 1.03 bits per heavy atom. The van der Waals surface area contributed by atoms with Gasteiger partial charge in [0.2, 0.25) is 10.0 Å². The van der Waals surface area contributed by atoms with Crippen molar-refractivity contribution in [2.45, 2.75) is 4.90 Å². The molecule has 0 bridgehead atoms. The minimum absolute atomic E-state index is 0.0678. The second-order valence-electron chi connectivity index (χ2n) is 6.66. The Morgan fingerprint density at radius 2 is 1.73 bits per heavy atom. The third kappa shape index (κ3) is 5.25. The first kappa shape index (κ1) is 22.8. The number of carbonyl (C=O) groups is 1. The molecular weight excluding hydrogens is 451 g/mol. The molecule has 0 atom stereocenters. The first-order chi connectivity index (χ1) is 14.3. The molecule has 0 aliphatic carbocycles. The van der Waals surface area contributed by atoms with Gasteiger partial charge in [0.25, 0.3) is 0 Å². The highest BCUT2D eigenvalue weighted by Gasteiger charge is 2.30. The van der Waals surface area contributed by atoms with Crippen LogP contribution < -0.4 is 4.74 Å². The largest absolute Gasteiger partial charge is 0.491 e. The molecule has 0 radical (unpaired) electrons. The van der Waals surface area contributed by atoms with E-state index >= 15 is 0 Å². The smallest absolute Gasteiger partial charge is 0.337 e. The van der Waals surface area contributed by atoms with Crippen LogP contribution >= 0.6 is 23.2 Å². The minimum atomic E-state index is -3.83. The zero-order valence-electron chi connectivity index (χ0n) is 16.4. The number of hydrogen-bond donors (Lipinski definition) is 0. The molecule has 162 valence electrons. The van der Waals surface area contributed by atoms with Crippen LogP contribution in [0.25, 0.3) is 0 Å². The lowest BCUT2D eigenvalue weighted by Gasteiger charge is -2.34. The van der Waals surface area contributed by atoms with Gasteiger partial charge in [-0.25, -0.2) is 13.2 Å². The van der Waals surface area contributed by atoms with Gasteiger partial charge in [-0.2, -0.15) is 4.31 Å². The van der Waals surface area contributed by atoms with Crippen LogP contribution in [0, 0.1) is 0 Å². The molecule has 0 saturated carbocycles. The summed E-state index contributed by atoms with van der Waals surface area (Å²) in [5.74, 6) is 0.00645. The minimum Gasteiger partial charge on any atom is -0.491 e. The number of ether oxygens (including phenoxy) is 2. The molecule has 2 aromatic carbocycles. The van der Waals surface area contributed by atoms with E-state index in [4.69, 9.17) is 27.9 Å². The number of rotatable bonds is 7. The molecule has 7 nitrogen and oxygen atoms in total. The molecule has 0 amide bonds. The van der Waals surface area contributed by atoms with Gasteiger partial charge in [0, 0.05) is 32.7 Å². The molecule has 1 saturated heterocycles. The summed E-state index contributed by atoms with van der Waals surface area (Å²) < 4.78 is 37.8. The average Bonchev–Trinajstić information content (AvgIpc) is 2.75. The third-order valence-electron chi connectivity index (χ3n) is 4.80. The van der Waals surface area contributed by atoms with Crippen molar-refractivity contribution in [2.75, 3.05) is 46.4 Å². The van der Waals surface area contributed by atoms with E-state index in [0.29, 0.717) is 50.1 Å². The molecule has 1 aliphatic heterocycles. The van der Waals surface area contributed by atoms with Crippen LogP contribution in [0.2, 0.25) is 10.0 Å². The van der Waals surface area contributed by atoms with Crippen LogP contribution in [0.5, 0.6) is 5.75 Å². The fourth-order valence-electron chi connectivity index (χ4n) is 3.12. The van der Waals surface area contributed by atoms with Crippen LogP contribution in [0.3, 0.4) is 0 Å². The molecule has 0 aromatic heterocycles. The molecule has 1 fully saturated rings. The number of esters is 1. The molecule has 1 heterocycles. The number of sulfonamides is 1. The Morgan fingerprint density at radius 3 is 2.40 bits per heavy atom. The summed E-state index contributed by atoms with van der Waals surface area (Å²) in [4.78, 5) is 13.8. The zero-order valence-corrected chi connectivity index (χ0v) is 18.7. The van der Waals surface area contributed by atoms with E-state index < -0.39 is 16.0 Å². The normalized spacial score (nSPS) is 15.7. The standard InChI is InChI=1S/C20H22Cl2N2O5S/c1-28-20(25)15-6-7-17(22)19(14-15)30(26,27)24-10-8-23(9-11-24)12-13-29-18-5-3-2-4-16(18)21/h2-7,14H,8-13H2,1H3. The predicted octanol–water partition coefficient (Wildman–Crippen LogP) is 3.17. The quantitative estimate of drug-likeness (QED) is 0.576. The molecule has 1 aliphatic rings. The highest BCUT2D eigenvalue weighted by Crippen LogP contribution is 2.27. The van der Waals surface area contributed by atoms with E-state index in [1.165, 1.54) is 29.6 Å². The predicted molar refractivity (Wildman–Crippen MR) is 115 cm³/mol. The fourth-order valence-corrected chi connectivity index (χ4v) is 5.24. The second-order valence-corrected chi connectivity index (χ2v) is 9.38. The monoisotopic (exact) mass is 472 g/mol. The number of hydrogen-bond acceptors (Lipinski definition) is 6. The molecular formula is C20H22Cl2N2O5S. The third-order valence-corrected chi connectivity index (χ3v) is 7.50. The van der Waals surface area contributed by atoms with Gasteiger partial charge in [0.1, 0.15) is 17.3 Å². The first-order valence-corrected chi connectivity index (χ1v) is 11.5. The Kier molecular flexibility index (Phi) is 7.60. The van der Waals surface area contributed by atoms with Gasteiger partial charge >= 0.3 is 5.97 Å². The molecule has 3 rings (SSSR count). The number of carbonyl (C=O) groups excluding carboxylic acids is 1. The summed E-state index contributed by atoms with van der Waals surface area (Å²) in [6, 6.07) is 11.3. The zero-order chi connectivity index (χ0) is 21.7. The summed E-state index contributed by atoms with van der Waals surface area (Å²) in [6.45, 7) is 2.83. The molecule has 10 heteroatoms. The molecule has 2 aromatic rings. The van der Waals surface area contributed by atoms with E-state index in [0.717, 1.165) is 0 Å². The lowest BCUT2D eigenvalue weighted by atomic mass is 10.2. The number of para-hydroxylation sites is 1. The van der Waals surface area contributed by atoms with Crippen molar-refractivity contribution in [3.05, 3.63) is 58.1 Å². The SMILES string of the molecule is COC(=O)c1ccc(Cl)c(S(=O)(=O)N2CCN(CCOc3ccccc3Cl)CC2)c1. The van der Waals surface area contributed by atoms with Gasteiger partial charge in [0.05, 0.1) is 22.7 Å². The Hall–Kier alpha value is -1.84. The van der Waals surface area contributed by atoms with Crippen molar-refractivity contribution in [2.24, 2.45) is 0 Å². The topological polar surface area (TPSA) is 76.2 Å². The van der Waals surface area contributed by atoms with E-state index in [1.807, 2.05) is 12.1 Å². The number of nitrogens with zero attached hydrogens (tertiary/aromatic N) is 2. The number of piperazine rings is 1. The van der Waals surface area contributed by atoms with E-state index in [9.17, 15) is 13.2 Å². The van der Waals surface area contributed by atoms with Gasteiger partial charge < -0.3 is 9.47 Å². The first-order valence-electron chi connectivity index (χ1n) is 9.30. The summed E-state index contributed by atoms with van der Waals surface area (Å²) in [6.07, 6.45) is 0. The van der Waals surface area contributed by atoms with Crippen molar-refractivity contribution in [1.29, 1.82) is 0 Å². The summed E-state index contributed by atoms with van der Waals surface area (Å²) in [7, 11) is -2.60. The van der Waals surface area contributed by atoms with E-state index in [2.05, 4.69) is 9.64 Å². The van der Waals surface area contributed by atoms with Crippen molar-refractivity contribution < 1.29 is 22.7 Å². The number of methoxy groups -OCH3 is 1. The summed E-state index contributed by atoms with van der Waals surface area (Å²) in [5, 5.41) is 0.623. The highest BCUT2D eigenvalue weighted by atomic mass is 35.5. The van der Waals surface area contributed by atoms with Gasteiger partial charge in [-0.1, -0.05) is 35.3 Å². The van der Waals surface area contributed by atoms with Gasteiger partial charge in [-0.05, 0) is 30.3 Å².